The zero-order valence-electron chi connectivity index (χ0n) is 13.6. The molecule has 1 aromatic heterocycles. The highest BCUT2D eigenvalue weighted by Gasteiger charge is 2.43. The second-order valence-electron chi connectivity index (χ2n) is 6.53. The Balaban J connectivity index is 2.19. The molecule has 1 aliphatic rings. The van der Waals surface area contributed by atoms with Gasteiger partial charge in [-0.3, -0.25) is 5.32 Å². The van der Waals surface area contributed by atoms with Crippen LogP contribution in [0.2, 0.25) is 0 Å². The molecule has 0 saturated carbocycles. The summed E-state index contributed by atoms with van der Waals surface area (Å²) in [5.41, 5.74) is 5.31. The summed E-state index contributed by atoms with van der Waals surface area (Å²) in [4.78, 5) is 6.23. The molecule has 21 heavy (non-hydrogen) atoms. The Morgan fingerprint density at radius 1 is 1.24 bits per heavy atom. The number of fused-ring (bicyclic) bond motifs is 1. The minimum atomic E-state index is -0.0980. The van der Waals surface area contributed by atoms with E-state index in [1.807, 2.05) is 11.3 Å². The first-order chi connectivity index (χ1) is 9.92. The lowest BCUT2D eigenvalue weighted by Gasteiger charge is -2.32. The van der Waals surface area contributed by atoms with Crippen molar-refractivity contribution in [1.82, 2.24) is 10.3 Å². The van der Waals surface area contributed by atoms with Gasteiger partial charge in [-0.1, -0.05) is 23.8 Å². The monoisotopic (exact) mass is 300 g/mol. The van der Waals surface area contributed by atoms with E-state index in [4.69, 9.17) is 4.98 Å². The van der Waals surface area contributed by atoms with Crippen molar-refractivity contribution in [3.05, 3.63) is 50.5 Å². The van der Waals surface area contributed by atoms with Crippen molar-refractivity contribution < 1.29 is 0 Å². The number of hydrogen-bond acceptors (Lipinski definition) is 3. The van der Waals surface area contributed by atoms with Gasteiger partial charge in [-0.05, 0) is 58.6 Å². The number of rotatable bonds is 3. The largest absolute Gasteiger partial charge is 0.299 e. The summed E-state index contributed by atoms with van der Waals surface area (Å²) >= 11 is 1.85. The van der Waals surface area contributed by atoms with E-state index in [0.29, 0.717) is 6.04 Å². The lowest BCUT2D eigenvalue weighted by molar-refractivity contribution is 0.361. The summed E-state index contributed by atoms with van der Waals surface area (Å²) in [6, 6.07) is 7.30. The summed E-state index contributed by atoms with van der Waals surface area (Å²) in [7, 11) is 0. The molecule has 3 rings (SSSR count). The molecule has 0 amide bonds. The Bertz CT molecular complexity index is 652. The molecular formula is C18H24N2S. The number of aromatic nitrogens is 1. The summed E-state index contributed by atoms with van der Waals surface area (Å²) in [5.74, 6) is 0. The fourth-order valence-corrected chi connectivity index (χ4v) is 4.46. The highest BCUT2D eigenvalue weighted by molar-refractivity contribution is 7.11. The molecule has 1 unspecified atom stereocenters. The van der Waals surface area contributed by atoms with E-state index >= 15 is 0 Å². The van der Waals surface area contributed by atoms with E-state index in [2.05, 4.69) is 58.1 Å². The zero-order valence-corrected chi connectivity index (χ0v) is 14.4. The predicted octanol–water partition coefficient (Wildman–Crippen LogP) is 4.26. The van der Waals surface area contributed by atoms with Gasteiger partial charge in [0.15, 0.2) is 0 Å². The maximum Gasteiger partial charge on any atom is 0.118 e. The lowest BCUT2D eigenvalue weighted by atomic mass is 9.90. The first kappa shape index (κ1) is 14.7. The van der Waals surface area contributed by atoms with Crippen LogP contribution in [0.3, 0.4) is 0 Å². The van der Waals surface area contributed by atoms with Gasteiger partial charge in [-0.15, -0.1) is 11.3 Å². The SMILES string of the molecule is Cc1ccc2c(c1)C(NC(C)C)(c1nc(C)c(C)s1)CC2. The van der Waals surface area contributed by atoms with Crippen LogP contribution in [-0.2, 0) is 12.0 Å². The van der Waals surface area contributed by atoms with Crippen LogP contribution in [0.15, 0.2) is 18.2 Å². The fraction of sp³-hybridized carbons (Fsp3) is 0.500. The van der Waals surface area contributed by atoms with Crippen LogP contribution >= 0.6 is 11.3 Å². The third kappa shape index (κ3) is 2.43. The predicted molar refractivity (Wildman–Crippen MR) is 90.1 cm³/mol. The van der Waals surface area contributed by atoms with Crippen LogP contribution in [-0.4, -0.2) is 11.0 Å². The van der Waals surface area contributed by atoms with E-state index < -0.39 is 0 Å². The lowest BCUT2D eigenvalue weighted by Crippen LogP contribution is -2.45. The number of hydrogen-bond donors (Lipinski definition) is 1. The quantitative estimate of drug-likeness (QED) is 0.916. The molecule has 0 saturated heterocycles. The van der Waals surface area contributed by atoms with Crippen molar-refractivity contribution in [2.75, 3.05) is 0 Å². The normalized spacial score (nSPS) is 21.0. The van der Waals surface area contributed by atoms with Gasteiger partial charge >= 0.3 is 0 Å². The van der Waals surface area contributed by atoms with Crippen LogP contribution in [0.25, 0.3) is 0 Å². The molecular weight excluding hydrogens is 276 g/mol. The van der Waals surface area contributed by atoms with E-state index in [9.17, 15) is 0 Å². The molecule has 0 bridgehead atoms. The number of thiazole rings is 1. The third-order valence-corrected chi connectivity index (χ3v) is 5.66. The van der Waals surface area contributed by atoms with Gasteiger partial charge in [-0.25, -0.2) is 4.98 Å². The average Bonchev–Trinajstić information content (AvgIpc) is 2.92. The van der Waals surface area contributed by atoms with Crippen molar-refractivity contribution in [3.8, 4) is 0 Å². The van der Waals surface area contributed by atoms with Crippen molar-refractivity contribution in [3.63, 3.8) is 0 Å². The van der Waals surface area contributed by atoms with Gasteiger partial charge in [0.05, 0.1) is 11.2 Å². The first-order valence-corrected chi connectivity index (χ1v) is 8.56. The minimum Gasteiger partial charge on any atom is -0.299 e. The maximum absolute atomic E-state index is 4.90. The molecule has 112 valence electrons. The van der Waals surface area contributed by atoms with Crippen LogP contribution in [0.4, 0.5) is 0 Å². The van der Waals surface area contributed by atoms with Gasteiger partial charge in [0.25, 0.3) is 0 Å². The Morgan fingerprint density at radius 3 is 2.62 bits per heavy atom. The molecule has 2 nitrogen and oxygen atoms in total. The summed E-state index contributed by atoms with van der Waals surface area (Å²) < 4.78 is 0. The summed E-state index contributed by atoms with van der Waals surface area (Å²) in [5, 5.41) is 5.08. The molecule has 2 aromatic rings. The van der Waals surface area contributed by atoms with Crippen LogP contribution in [0, 0.1) is 20.8 Å². The second-order valence-corrected chi connectivity index (χ2v) is 7.73. The molecule has 3 heteroatoms. The number of nitrogens with zero attached hydrogens (tertiary/aromatic N) is 1. The van der Waals surface area contributed by atoms with Crippen molar-refractivity contribution in [2.45, 2.75) is 59.0 Å². The molecule has 1 N–H and O–H groups in total. The van der Waals surface area contributed by atoms with E-state index in [1.165, 1.54) is 32.3 Å². The minimum absolute atomic E-state index is 0.0980. The van der Waals surface area contributed by atoms with E-state index in [0.717, 1.165) is 12.8 Å². The third-order valence-electron chi connectivity index (χ3n) is 4.42. The van der Waals surface area contributed by atoms with Crippen molar-refractivity contribution in [1.29, 1.82) is 0 Å². The van der Waals surface area contributed by atoms with Gasteiger partial charge in [0.1, 0.15) is 5.01 Å². The molecule has 0 spiro atoms. The number of nitrogens with one attached hydrogen (secondary N) is 1. The van der Waals surface area contributed by atoms with Crippen molar-refractivity contribution >= 4 is 11.3 Å². The molecule has 1 heterocycles. The zero-order chi connectivity index (χ0) is 15.2. The first-order valence-electron chi connectivity index (χ1n) is 7.74. The summed E-state index contributed by atoms with van der Waals surface area (Å²) in [6.45, 7) is 10.9. The molecule has 0 aliphatic heterocycles. The smallest absolute Gasteiger partial charge is 0.118 e. The standard InChI is InChI=1S/C18H24N2S/c1-11(2)20-18(17-19-13(4)14(5)21-17)9-8-15-7-6-12(3)10-16(15)18/h6-7,10-11,20H,8-9H2,1-5H3. The Hall–Kier alpha value is -1.19. The van der Waals surface area contributed by atoms with Crippen molar-refractivity contribution in [2.24, 2.45) is 0 Å². The molecule has 1 atom stereocenters. The Kier molecular flexibility index (Phi) is 3.66. The summed E-state index contributed by atoms with van der Waals surface area (Å²) in [6.07, 6.45) is 2.24. The number of benzene rings is 1. The fourth-order valence-electron chi connectivity index (χ4n) is 3.34. The Labute approximate surface area is 131 Å². The van der Waals surface area contributed by atoms with Gasteiger partial charge in [0, 0.05) is 10.9 Å². The highest BCUT2D eigenvalue weighted by atomic mass is 32.1. The maximum atomic E-state index is 4.90. The molecule has 1 aliphatic carbocycles. The average molecular weight is 300 g/mol. The van der Waals surface area contributed by atoms with Gasteiger partial charge < -0.3 is 0 Å². The van der Waals surface area contributed by atoms with E-state index in [1.54, 1.807) is 0 Å². The number of aryl methyl sites for hydroxylation is 4. The highest BCUT2D eigenvalue weighted by Crippen LogP contribution is 2.44. The molecule has 0 radical (unpaired) electrons. The van der Waals surface area contributed by atoms with Crippen LogP contribution in [0.1, 0.15) is 52.5 Å². The van der Waals surface area contributed by atoms with Gasteiger partial charge in [0.2, 0.25) is 0 Å². The van der Waals surface area contributed by atoms with E-state index in [-0.39, 0.29) is 5.54 Å². The Morgan fingerprint density at radius 2 is 2.00 bits per heavy atom. The molecule has 1 aromatic carbocycles. The van der Waals surface area contributed by atoms with Crippen LogP contribution in [0.5, 0.6) is 0 Å². The van der Waals surface area contributed by atoms with Crippen LogP contribution < -0.4 is 5.32 Å². The second kappa shape index (κ2) is 5.22. The van der Waals surface area contributed by atoms with Gasteiger partial charge in [-0.2, -0.15) is 0 Å². The topological polar surface area (TPSA) is 24.9 Å². The molecule has 0 fully saturated rings.